The molecule has 0 spiro atoms. The molecule has 0 amide bonds. The predicted octanol–water partition coefficient (Wildman–Crippen LogP) is 2.36. The highest BCUT2D eigenvalue weighted by atomic mass is 16.5. The molecular formula is C22H30N4O4. The fraction of sp³-hybridized carbons (Fsp3) is 0.409. The van der Waals surface area contributed by atoms with Crippen LogP contribution in [0.3, 0.4) is 0 Å². The minimum Gasteiger partial charge on any atom is -0.508 e. The lowest BCUT2D eigenvalue weighted by Gasteiger charge is -2.21. The van der Waals surface area contributed by atoms with Gasteiger partial charge in [-0.1, -0.05) is 0 Å². The molecule has 1 aliphatic heterocycles. The number of aromatic hydroxyl groups is 1. The summed E-state index contributed by atoms with van der Waals surface area (Å²) in [6, 6.07) is 11.3. The maximum Gasteiger partial charge on any atom is 0.191 e. The summed E-state index contributed by atoms with van der Waals surface area (Å²) < 4.78 is 16.0. The number of hydrogen-bond donors (Lipinski definition) is 3. The van der Waals surface area contributed by atoms with Crippen molar-refractivity contribution in [3.63, 3.8) is 0 Å². The molecule has 30 heavy (non-hydrogen) atoms. The van der Waals surface area contributed by atoms with Gasteiger partial charge in [-0.15, -0.1) is 0 Å². The number of hydrogen-bond acceptors (Lipinski definition) is 6. The van der Waals surface area contributed by atoms with Crippen LogP contribution in [0.15, 0.2) is 41.4 Å². The van der Waals surface area contributed by atoms with Gasteiger partial charge in [0.25, 0.3) is 0 Å². The van der Waals surface area contributed by atoms with Gasteiger partial charge in [0, 0.05) is 62.2 Å². The van der Waals surface area contributed by atoms with Crippen LogP contribution < -0.4 is 29.7 Å². The molecule has 8 nitrogen and oxygen atoms in total. The number of ether oxygens (including phenoxy) is 3. The predicted molar refractivity (Wildman–Crippen MR) is 118 cm³/mol. The summed E-state index contributed by atoms with van der Waals surface area (Å²) >= 11 is 0. The van der Waals surface area contributed by atoms with Crippen molar-refractivity contribution in [2.45, 2.75) is 19.0 Å². The van der Waals surface area contributed by atoms with Crippen molar-refractivity contribution >= 4 is 11.6 Å². The summed E-state index contributed by atoms with van der Waals surface area (Å²) in [4.78, 5) is 6.61. The zero-order valence-electron chi connectivity index (χ0n) is 17.9. The molecule has 1 saturated heterocycles. The van der Waals surface area contributed by atoms with E-state index in [1.54, 1.807) is 40.5 Å². The Morgan fingerprint density at radius 1 is 1.07 bits per heavy atom. The van der Waals surface area contributed by atoms with Crippen LogP contribution in [-0.2, 0) is 6.54 Å². The Bertz CT molecular complexity index is 865. The molecule has 1 heterocycles. The van der Waals surface area contributed by atoms with Crippen molar-refractivity contribution in [3.8, 4) is 23.0 Å². The second-order valence-electron chi connectivity index (χ2n) is 7.07. The molecule has 0 bridgehead atoms. The van der Waals surface area contributed by atoms with E-state index in [0.29, 0.717) is 18.3 Å². The Hall–Kier alpha value is -3.29. The molecule has 0 saturated carbocycles. The number of nitrogens with one attached hydrogen (secondary N) is 2. The molecule has 1 fully saturated rings. The van der Waals surface area contributed by atoms with Crippen LogP contribution in [0.25, 0.3) is 0 Å². The third-order valence-corrected chi connectivity index (χ3v) is 5.19. The fourth-order valence-corrected chi connectivity index (χ4v) is 3.48. The van der Waals surface area contributed by atoms with Crippen LogP contribution in [0.5, 0.6) is 23.0 Å². The highest BCUT2D eigenvalue weighted by Gasteiger charge is 2.24. The number of phenols is 1. The summed E-state index contributed by atoms with van der Waals surface area (Å²) in [5.74, 6) is 3.16. The molecule has 0 aromatic heterocycles. The Balaban J connectivity index is 1.59. The van der Waals surface area contributed by atoms with Gasteiger partial charge in [0.15, 0.2) is 5.96 Å². The summed E-state index contributed by atoms with van der Waals surface area (Å²) in [6.07, 6.45) is 0.977. The van der Waals surface area contributed by atoms with E-state index < -0.39 is 0 Å². The highest BCUT2D eigenvalue weighted by molar-refractivity contribution is 5.80. The zero-order chi connectivity index (χ0) is 21.5. The quantitative estimate of drug-likeness (QED) is 0.474. The third kappa shape index (κ3) is 5.20. The van der Waals surface area contributed by atoms with Crippen LogP contribution in [0.1, 0.15) is 12.0 Å². The summed E-state index contributed by atoms with van der Waals surface area (Å²) in [5, 5.41) is 16.8. The average molecular weight is 415 g/mol. The molecule has 0 radical (unpaired) electrons. The second kappa shape index (κ2) is 9.96. The van der Waals surface area contributed by atoms with Gasteiger partial charge in [0.05, 0.1) is 21.3 Å². The first-order valence-electron chi connectivity index (χ1n) is 9.87. The van der Waals surface area contributed by atoms with Gasteiger partial charge in [-0.3, -0.25) is 4.99 Å². The molecule has 1 unspecified atom stereocenters. The van der Waals surface area contributed by atoms with E-state index in [9.17, 15) is 5.11 Å². The molecule has 3 N–H and O–H groups in total. The Morgan fingerprint density at radius 2 is 1.77 bits per heavy atom. The number of phenolic OH excluding ortho intramolecular Hbond substituents is 1. The van der Waals surface area contributed by atoms with E-state index >= 15 is 0 Å². The molecule has 0 aliphatic carbocycles. The Kier molecular flexibility index (Phi) is 7.11. The van der Waals surface area contributed by atoms with Crippen molar-refractivity contribution < 1.29 is 19.3 Å². The molecule has 162 valence electrons. The number of rotatable bonds is 7. The number of aliphatic imine (C=N–C) groups is 1. The molecule has 8 heteroatoms. The van der Waals surface area contributed by atoms with Crippen LogP contribution in [0, 0.1) is 0 Å². The smallest absolute Gasteiger partial charge is 0.191 e. The van der Waals surface area contributed by atoms with Gasteiger partial charge >= 0.3 is 0 Å². The van der Waals surface area contributed by atoms with Gasteiger partial charge in [0.2, 0.25) is 0 Å². The molecule has 2 aromatic rings. The normalized spacial score (nSPS) is 16.3. The van der Waals surface area contributed by atoms with Crippen LogP contribution in [0.2, 0.25) is 0 Å². The van der Waals surface area contributed by atoms with E-state index in [-0.39, 0.29) is 11.8 Å². The van der Waals surface area contributed by atoms with Gasteiger partial charge in [-0.25, -0.2) is 0 Å². The lowest BCUT2D eigenvalue weighted by Crippen LogP contribution is -2.44. The van der Waals surface area contributed by atoms with Gasteiger partial charge in [0.1, 0.15) is 23.0 Å². The number of benzene rings is 2. The SMILES string of the molecule is CN=C(NCc1cc(OC)ccc1O)NC1CCN(c2cc(OC)cc(OC)c2)C1. The van der Waals surface area contributed by atoms with Gasteiger partial charge < -0.3 is 34.9 Å². The Labute approximate surface area is 177 Å². The lowest BCUT2D eigenvalue weighted by atomic mass is 10.2. The standard InChI is InChI=1S/C22H30N4O4/c1-23-22(24-13-15-9-18(28-2)5-6-21(15)27)25-16-7-8-26(14-16)17-10-19(29-3)12-20(11-17)30-4/h5-6,9-12,16,27H,7-8,13-14H2,1-4H3,(H2,23,24,25). The highest BCUT2D eigenvalue weighted by Crippen LogP contribution is 2.30. The first-order valence-corrected chi connectivity index (χ1v) is 9.87. The molecule has 1 aliphatic rings. The molecule has 2 aromatic carbocycles. The fourth-order valence-electron chi connectivity index (χ4n) is 3.48. The van der Waals surface area contributed by atoms with Crippen LogP contribution in [0.4, 0.5) is 5.69 Å². The minimum atomic E-state index is 0.220. The van der Waals surface area contributed by atoms with Crippen molar-refractivity contribution in [3.05, 3.63) is 42.0 Å². The number of nitrogens with zero attached hydrogens (tertiary/aromatic N) is 2. The average Bonchev–Trinajstić information content (AvgIpc) is 3.25. The van der Waals surface area contributed by atoms with Crippen molar-refractivity contribution in [1.82, 2.24) is 10.6 Å². The largest absolute Gasteiger partial charge is 0.508 e. The summed E-state index contributed by atoms with van der Waals surface area (Å²) in [7, 11) is 6.65. The first kappa shape index (κ1) is 21.4. The van der Waals surface area contributed by atoms with Crippen LogP contribution >= 0.6 is 0 Å². The van der Waals surface area contributed by atoms with Crippen molar-refractivity contribution in [2.75, 3.05) is 46.4 Å². The second-order valence-corrected chi connectivity index (χ2v) is 7.07. The van der Waals surface area contributed by atoms with E-state index in [4.69, 9.17) is 14.2 Å². The number of anilines is 1. The van der Waals surface area contributed by atoms with E-state index in [2.05, 4.69) is 20.5 Å². The van der Waals surface area contributed by atoms with E-state index in [0.717, 1.165) is 42.3 Å². The molecule has 3 rings (SSSR count). The molecule has 1 atom stereocenters. The van der Waals surface area contributed by atoms with E-state index in [1.807, 2.05) is 24.3 Å². The monoisotopic (exact) mass is 414 g/mol. The van der Waals surface area contributed by atoms with Crippen molar-refractivity contribution in [1.29, 1.82) is 0 Å². The number of methoxy groups -OCH3 is 3. The molecular weight excluding hydrogens is 384 g/mol. The first-order chi connectivity index (χ1) is 14.6. The van der Waals surface area contributed by atoms with Gasteiger partial charge in [-0.2, -0.15) is 0 Å². The number of guanidine groups is 1. The Morgan fingerprint density at radius 3 is 2.40 bits per heavy atom. The summed E-state index contributed by atoms with van der Waals surface area (Å²) in [6.45, 7) is 2.19. The van der Waals surface area contributed by atoms with E-state index in [1.165, 1.54) is 0 Å². The van der Waals surface area contributed by atoms with Gasteiger partial charge in [-0.05, 0) is 24.6 Å². The minimum absolute atomic E-state index is 0.220. The summed E-state index contributed by atoms with van der Waals surface area (Å²) in [5.41, 5.74) is 1.81. The maximum absolute atomic E-state index is 10.1. The topological polar surface area (TPSA) is 87.6 Å². The van der Waals surface area contributed by atoms with Crippen molar-refractivity contribution in [2.24, 2.45) is 4.99 Å². The maximum atomic E-state index is 10.1. The van der Waals surface area contributed by atoms with Crippen LogP contribution in [-0.4, -0.2) is 58.6 Å². The third-order valence-electron chi connectivity index (χ3n) is 5.19. The lowest BCUT2D eigenvalue weighted by molar-refractivity contribution is 0.394. The zero-order valence-corrected chi connectivity index (χ0v) is 17.9.